The quantitative estimate of drug-likeness (QED) is 0.444. The van der Waals surface area contributed by atoms with Crippen molar-refractivity contribution in [1.82, 2.24) is 15.6 Å². The van der Waals surface area contributed by atoms with Crippen molar-refractivity contribution in [3.8, 4) is 11.5 Å². The van der Waals surface area contributed by atoms with Crippen LogP contribution in [-0.2, 0) is 11.4 Å². The van der Waals surface area contributed by atoms with E-state index in [9.17, 15) is 9.59 Å². The number of furan rings is 1. The molecule has 0 bridgehead atoms. The predicted octanol–water partition coefficient (Wildman–Crippen LogP) is 3.65. The van der Waals surface area contributed by atoms with Gasteiger partial charge in [0.15, 0.2) is 17.3 Å². The summed E-state index contributed by atoms with van der Waals surface area (Å²) in [5.41, 5.74) is 1.91. The number of pyridine rings is 1. The van der Waals surface area contributed by atoms with Crippen molar-refractivity contribution in [3.63, 3.8) is 0 Å². The molecular formula is C24H27N3O5. The second kappa shape index (κ2) is 11.5. The number of nitrogens with zero attached hydrogens (tertiary/aromatic N) is 1. The number of rotatable bonds is 11. The predicted molar refractivity (Wildman–Crippen MR) is 118 cm³/mol. The van der Waals surface area contributed by atoms with E-state index in [1.54, 1.807) is 31.6 Å². The van der Waals surface area contributed by atoms with Crippen LogP contribution >= 0.6 is 0 Å². The number of aromatic nitrogens is 1. The second-order valence-corrected chi connectivity index (χ2v) is 7.18. The average Bonchev–Trinajstić information content (AvgIpc) is 3.36. The zero-order valence-corrected chi connectivity index (χ0v) is 18.2. The van der Waals surface area contributed by atoms with Crippen LogP contribution in [0, 0.1) is 0 Å². The van der Waals surface area contributed by atoms with E-state index in [-0.39, 0.29) is 23.6 Å². The molecule has 0 aliphatic carbocycles. The lowest BCUT2D eigenvalue weighted by molar-refractivity contribution is -0.121. The maximum Gasteiger partial charge on any atom is 0.286 e. The Morgan fingerprint density at radius 3 is 2.66 bits per heavy atom. The minimum atomic E-state index is -0.290. The van der Waals surface area contributed by atoms with Gasteiger partial charge in [-0.25, -0.2) is 0 Å². The molecular weight excluding hydrogens is 410 g/mol. The van der Waals surface area contributed by atoms with Gasteiger partial charge in [-0.05, 0) is 60.9 Å². The molecule has 0 spiro atoms. The van der Waals surface area contributed by atoms with E-state index < -0.39 is 0 Å². The number of carbonyl (C=O) groups is 2. The standard InChI is InChI=1S/C24H27N3O5/c1-17(27-23(28)6-3-11-26-24(29)21-5-4-14-31-21)19-7-8-20(22(15-19)30-2)32-16-18-9-12-25-13-10-18/h4-5,7-10,12-15,17H,3,6,11,16H2,1-2H3,(H,26,29)(H,27,28). The zero-order valence-electron chi connectivity index (χ0n) is 18.2. The van der Waals surface area contributed by atoms with Gasteiger partial charge < -0.3 is 24.5 Å². The first kappa shape index (κ1) is 22.9. The van der Waals surface area contributed by atoms with E-state index in [4.69, 9.17) is 13.9 Å². The molecule has 3 rings (SSSR count). The maximum atomic E-state index is 12.3. The molecule has 32 heavy (non-hydrogen) atoms. The van der Waals surface area contributed by atoms with Gasteiger partial charge in [0.2, 0.25) is 5.91 Å². The molecule has 2 amide bonds. The second-order valence-electron chi connectivity index (χ2n) is 7.18. The summed E-state index contributed by atoms with van der Waals surface area (Å²) in [4.78, 5) is 28.1. The smallest absolute Gasteiger partial charge is 0.286 e. The SMILES string of the molecule is COc1cc(C(C)NC(=O)CCCNC(=O)c2ccco2)ccc1OCc1ccncc1. The molecule has 0 radical (unpaired) electrons. The molecule has 3 aromatic rings. The van der Waals surface area contributed by atoms with E-state index >= 15 is 0 Å². The van der Waals surface area contributed by atoms with Gasteiger partial charge in [-0.2, -0.15) is 0 Å². The molecule has 8 heteroatoms. The van der Waals surface area contributed by atoms with Gasteiger partial charge in [0.25, 0.3) is 5.91 Å². The van der Waals surface area contributed by atoms with Crippen molar-refractivity contribution < 1.29 is 23.5 Å². The first-order chi connectivity index (χ1) is 15.6. The largest absolute Gasteiger partial charge is 0.493 e. The van der Waals surface area contributed by atoms with Crippen LogP contribution in [0.5, 0.6) is 11.5 Å². The maximum absolute atomic E-state index is 12.3. The summed E-state index contributed by atoms with van der Waals surface area (Å²) < 4.78 is 16.4. The third kappa shape index (κ3) is 6.60. The highest BCUT2D eigenvalue weighted by Gasteiger charge is 2.14. The fraction of sp³-hybridized carbons (Fsp3) is 0.292. The Kier molecular flexibility index (Phi) is 8.25. The van der Waals surface area contributed by atoms with Crippen molar-refractivity contribution in [2.45, 2.75) is 32.4 Å². The Balaban J connectivity index is 1.45. The van der Waals surface area contributed by atoms with Gasteiger partial charge in [0, 0.05) is 25.4 Å². The molecule has 2 heterocycles. The van der Waals surface area contributed by atoms with Crippen LogP contribution in [0.25, 0.3) is 0 Å². The summed E-state index contributed by atoms with van der Waals surface area (Å²) in [6.45, 7) is 2.70. The van der Waals surface area contributed by atoms with Gasteiger partial charge in [-0.1, -0.05) is 6.07 Å². The third-order valence-corrected chi connectivity index (χ3v) is 4.82. The number of nitrogens with one attached hydrogen (secondary N) is 2. The normalized spacial score (nSPS) is 11.4. The molecule has 2 aromatic heterocycles. The third-order valence-electron chi connectivity index (χ3n) is 4.82. The Bertz CT molecular complexity index is 1010. The highest BCUT2D eigenvalue weighted by Crippen LogP contribution is 2.31. The minimum absolute atomic E-state index is 0.0956. The molecule has 168 valence electrons. The summed E-state index contributed by atoms with van der Waals surface area (Å²) in [7, 11) is 1.58. The Morgan fingerprint density at radius 1 is 1.12 bits per heavy atom. The van der Waals surface area contributed by atoms with E-state index in [0.29, 0.717) is 37.5 Å². The van der Waals surface area contributed by atoms with Crippen LogP contribution in [-0.4, -0.2) is 30.5 Å². The van der Waals surface area contributed by atoms with Gasteiger partial charge in [0.05, 0.1) is 19.4 Å². The molecule has 1 atom stereocenters. The molecule has 0 aliphatic heterocycles. The molecule has 0 aliphatic rings. The number of hydrogen-bond acceptors (Lipinski definition) is 6. The minimum Gasteiger partial charge on any atom is -0.493 e. The number of ether oxygens (including phenoxy) is 2. The average molecular weight is 437 g/mol. The lowest BCUT2D eigenvalue weighted by Crippen LogP contribution is -2.29. The van der Waals surface area contributed by atoms with Gasteiger partial charge in [0.1, 0.15) is 6.61 Å². The summed E-state index contributed by atoms with van der Waals surface area (Å²) in [6.07, 6.45) is 5.70. The molecule has 0 fully saturated rings. The zero-order chi connectivity index (χ0) is 22.8. The highest BCUT2D eigenvalue weighted by molar-refractivity contribution is 5.91. The summed E-state index contributed by atoms with van der Waals surface area (Å²) >= 11 is 0. The topological polar surface area (TPSA) is 103 Å². The highest BCUT2D eigenvalue weighted by atomic mass is 16.5. The molecule has 0 saturated heterocycles. The Labute approximate surface area is 186 Å². The fourth-order valence-corrected chi connectivity index (χ4v) is 3.06. The van der Waals surface area contributed by atoms with Crippen LogP contribution in [0.4, 0.5) is 0 Å². The van der Waals surface area contributed by atoms with E-state index in [2.05, 4.69) is 15.6 Å². The molecule has 1 unspecified atom stereocenters. The first-order valence-electron chi connectivity index (χ1n) is 10.4. The fourth-order valence-electron chi connectivity index (χ4n) is 3.06. The van der Waals surface area contributed by atoms with Gasteiger partial charge >= 0.3 is 0 Å². The van der Waals surface area contributed by atoms with Gasteiger partial charge in [-0.15, -0.1) is 0 Å². The first-order valence-corrected chi connectivity index (χ1v) is 10.4. The molecule has 1 aromatic carbocycles. The van der Waals surface area contributed by atoms with Crippen LogP contribution in [0.2, 0.25) is 0 Å². The monoisotopic (exact) mass is 437 g/mol. The van der Waals surface area contributed by atoms with Crippen LogP contribution in [0.15, 0.2) is 65.5 Å². The van der Waals surface area contributed by atoms with Crippen molar-refractivity contribution >= 4 is 11.8 Å². The Morgan fingerprint density at radius 2 is 1.94 bits per heavy atom. The van der Waals surface area contributed by atoms with E-state index in [1.165, 1.54) is 6.26 Å². The number of benzene rings is 1. The molecule has 2 N–H and O–H groups in total. The van der Waals surface area contributed by atoms with Crippen LogP contribution < -0.4 is 20.1 Å². The van der Waals surface area contributed by atoms with Crippen molar-refractivity contribution in [2.75, 3.05) is 13.7 Å². The van der Waals surface area contributed by atoms with Crippen molar-refractivity contribution in [1.29, 1.82) is 0 Å². The van der Waals surface area contributed by atoms with Gasteiger partial charge in [-0.3, -0.25) is 14.6 Å². The number of hydrogen-bond donors (Lipinski definition) is 2. The molecule has 8 nitrogen and oxygen atoms in total. The number of methoxy groups -OCH3 is 1. The van der Waals surface area contributed by atoms with E-state index in [0.717, 1.165) is 11.1 Å². The lowest BCUT2D eigenvalue weighted by Gasteiger charge is -2.17. The van der Waals surface area contributed by atoms with Crippen molar-refractivity contribution in [2.24, 2.45) is 0 Å². The lowest BCUT2D eigenvalue weighted by atomic mass is 10.1. The number of carbonyl (C=O) groups excluding carboxylic acids is 2. The summed E-state index contributed by atoms with van der Waals surface area (Å²) in [6, 6.07) is 12.4. The van der Waals surface area contributed by atoms with E-state index in [1.807, 2.05) is 37.3 Å². The molecule has 0 saturated carbocycles. The summed E-state index contributed by atoms with van der Waals surface area (Å²) in [5.74, 6) is 1.09. The van der Waals surface area contributed by atoms with Crippen LogP contribution in [0.3, 0.4) is 0 Å². The summed E-state index contributed by atoms with van der Waals surface area (Å²) in [5, 5.41) is 5.69. The number of amides is 2. The van der Waals surface area contributed by atoms with Crippen LogP contribution in [0.1, 0.15) is 47.5 Å². The Hall–Kier alpha value is -3.81. The van der Waals surface area contributed by atoms with Crippen molar-refractivity contribution in [3.05, 3.63) is 78.0 Å².